The number of nitro benzene ring substituents is 1. The maximum absolute atomic E-state index is 12.3. The number of rotatable bonds is 5. The first-order valence-corrected chi connectivity index (χ1v) is 7.22. The van der Waals surface area contributed by atoms with Crippen molar-refractivity contribution in [1.29, 1.82) is 0 Å². The SMILES string of the molecule is CC(OC(=O)C1CC=CCC1C(=O)O)c1cccc([N+](=O)[O-])c1. The van der Waals surface area contributed by atoms with Crippen LogP contribution in [0.15, 0.2) is 36.4 Å². The van der Waals surface area contributed by atoms with E-state index in [2.05, 4.69) is 0 Å². The van der Waals surface area contributed by atoms with E-state index in [1.807, 2.05) is 0 Å². The summed E-state index contributed by atoms with van der Waals surface area (Å²) in [5.74, 6) is -3.16. The second-order valence-corrected chi connectivity index (χ2v) is 5.43. The molecule has 3 atom stereocenters. The predicted octanol–water partition coefficient (Wildman–Crippen LogP) is 2.87. The first-order chi connectivity index (χ1) is 10.9. The number of esters is 1. The van der Waals surface area contributed by atoms with Gasteiger partial charge in [-0.15, -0.1) is 0 Å². The van der Waals surface area contributed by atoms with Crippen molar-refractivity contribution in [2.75, 3.05) is 0 Å². The quantitative estimate of drug-likeness (QED) is 0.387. The summed E-state index contributed by atoms with van der Waals surface area (Å²) in [5.41, 5.74) is 0.403. The first kappa shape index (κ1) is 16.7. The minimum absolute atomic E-state index is 0.0885. The number of carbonyl (C=O) groups excluding carboxylic acids is 1. The molecule has 0 amide bonds. The molecule has 7 nitrogen and oxygen atoms in total. The number of non-ortho nitro benzene ring substituents is 1. The molecule has 0 aromatic heterocycles. The predicted molar refractivity (Wildman–Crippen MR) is 80.6 cm³/mol. The van der Waals surface area contributed by atoms with Gasteiger partial charge in [-0.2, -0.15) is 0 Å². The van der Waals surface area contributed by atoms with Gasteiger partial charge in [0.2, 0.25) is 0 Å². The van der Waals surface area contributed by atoms with Gasteiger partial charge in [-0.1, -0.05) is 24.3 Å². The summed E-state index contributed by atoms with van der Waals surface area (Å²) in [6, 6.07) is 5.83. The molecule has 0 saturated carbocycles. The van der Waals surface area contributed by atoms with Crippen LogP contribution < -0.4 is 0 Å². The molecule has 2 rings (SSSR count). The Kier molecular flexibility index (Phi) is 5.10. The van der Waals surface area contributed by atoms with E-state index in [-0.39, 0.29) is 5.69 Å². The largest absolute Gasteiger partial charge is 0.481 e. The highest BCUT2D eigenvalue weighted by Gasteiger charge is 2.35. The summed E-state index contributed by atoms with van der Waals surface area (Å²) in [4.78, 5) is 33.8. The molecule has 23 heavy (non-hydrogen) atoms. The normalized spacial score (nSPS) is 21.4. The molecule has 1 aromatic rings. The van der Waals surface area contributed by atoms with Crippen LogP contribution in [0.5, 0.6) is 0 Å². The van der Waals surface area contributed by atoms with E-state index in [1.165, 1.54) is 18.2 Å². The van der Waals surface area contributed by atoms with E-state index < -0.39 is 34.8 Å². The third kappa shape index (κ3) is 3.94. The number of carbonyl (C=O) groups is 2. The molecule has 122 valence electrons. The van der Waals surface area contributed by atoms with Crippen LogP contribution in [0.25, 0.3) is 0 Å². The van der Waals surface area contributed by atoms with Crippen molar-refractivity contribution >= 4 is 17.6 Å². The fraction of sp³-hybridized carbons (Fsp3) is 0.375. The van der Waals surface area contributed by atoms with Crippen molar-refractivity contribution in [2.24, 2.45) is 11.8 Å². The third-order valence-corrected chi connectivity index (χ3v) is 3.90. The second-order valence-electron chi connectivity index (χ2n) is 5.43. The number of aliphatic carboxylic acids is 1. The van der Waals surface area contributed by atoms with Crippen LogP contribution in [0.2, 0.25) is 0 Å². The summed E-state index contributed by atoms with van der Waals surface area (Å²) in [6.45, 7) is 1.60. The van der Waals surface area contributed by atoms with Gasteiger partial charge >= 0.3 is 11.9 Å². The van der Waals surface area contributed by atoms with Gasteiger partial charge in [0.1, 0.15) is 6.10 Å². The molecule has 0 fully saturated rings. The Balaban J connectivity index is 2.10. The second kappa shape index (κ2) is 7.04. The average Bonchev–Trinajstić information content (AvgIpc) is 2.54. The Labute approximate surface area is 132 Å². The van der Waals surface area contributed by atoms with E-state index in [1.54, 1.807) is 25.1 Å². The molecule has 1 N–H and O–H groups in total. The zero-order valence-corrected chi connectivity index (χ0v) is 12.5. The van der Waals surface area contributed by atoms with Gasteiger partial charge < -0.3 is 9.84 Å². The van der Waals surface area contributed by atoms with Crippen molar-refractivity contribution < 1.29 is 24.4 Å². The number of hydrogen-bond acceptors (Lipinski definition) is 5. The number of benzene rings is 1. The molecule has 7 heteroatoms. The topological polar surface area (TPSA) is 107 Å². The molecule has 0 radical (unpaired) electrons. The number of nitro groups is 1. The fourth-order valence-electron chi connectivity index (χ4n) is 2.57. The summed E-state index contributed by atoms with van der Waals surface area (Å²) in [6.07, 6.45) is 3.43. The van der Waals surface area contributed by atoms with Crippen molar-refractivity contribution in [3.8, 4) is 0 Å². The Hall–Kier alpha value is -2.70. The van der Waals surface area contributed by atoms with Gasteiger partial charge in [-0.05, 0) is 25.3 Å². The lowest BCUT2D eigenvalue weighted by Gasteiger charge is -2.25. The fourth-order valence-corrected chi connectivity index (χ4v) is 2.57. The summed E-state index contributed by atoms with van der Waals surface area (Å²) < 4.78 is 5.33. The van der Waals surface area contributed by atoms with Gasteiger partial charge in [0, 0.05) is 12.1 Å². The molecule has 0 aliphatic heterocycles. The number of ether oxygens (including phenoxy) is 1. The number of carboxylic acid groups (broad SMARTS) is 1. The summed E-state index contributed by atoms with van der Waals surface area (Å²) >= 11 is 0. The Morgan fingerprint density at radius 2 is 1.96 bits per heavy atom. The lowest BCUT2D eigenvalue weighted by atomic mass is 9.83. The van der Waals surface area contributed by atoms with Crippen LogP contribution >= 0.6 is 0 Å². The highest BCUT2D eigenvalue weighted by molar-refractivity contribution is 5.82. The molecular weight excluding hydrogens is 302 g/mol. The van der Waals surface area contributed by atoms with Crippen LogP contribution in [-0.4, -0.2) is 22.0 Å². The monoisotopic (exact) mass is 319 g/mol. The molecule has 1 aliphatic rings. The van der Waals surface area contributed by atoms with E-state index >= 15 is 0 Å². The van der Waals surface area contributed by atoms with Gasteiger partial charge in [0.25, 0.3) is 5.69 Å². The molecule has 3 unspecified atom stereocenters. The van der Waals surface area contributed by atoms with Gasteiger partial charge in [-0.25, -0.2) is 0 Å². The standard InChI is InChI=1S/C16H17NO6/c1-10(11-5-4-6-12(9-11)17(21)22)23-16(20)14-8-3-2-7-13(14)15(18)19/h2-6,9-10,13-14H,7-8H2,1H3,(H,18,19). The van der Waals surface area contributed by atoms with Crippen LogP contribution in [-0.2, 0) is 14.3 Å². The van der Waals surface area contributed by atoms with Crippen molar-refractivity contribution in [2.45, 2.75) is 25.9 Å². The highest BCUT2D eigenvalue weighted by atomic mass is 16.6. The molecular formula is C16H17NO6. The van der Waals surface area contributed by atoms with Gasteiger partial charge in [0.05, 0.1) is 16.8 Å². The third-order valence-electron chi connectivity index (χ3n) is 3.90. The van der Waals surface area contributed by atoms with Crippen molar-refractivity contribution in [3.63, 3.8) is 0 Å². The maximum atomic E-state index is 12.3. The zero-order valence-electron chi connectivity index (χ0n) is 12.5. The molecule has 0 bridgehead atoms. The molecule has 0 spiro atoms. The number of hydrogen-bond donors (Lipinski definition) is 1. The van der Waals surface area contributed by atoms with Crippen molar-refractivity contribution in [1.82, 2.24) is 0 Å². The highest BCUT2D eigenvalue weighted by Crippen LogP contribution is 2.30. The summed E-state index contributed by atoms with van der Waals surface area (Å²) in [7, 11) is 0. The van der Waals surface area contributed by atoms with E-state index in [0.29, 0.717) is 18.4 Å². The Bertz CT molecular complexity index is 654. The minimum Gasteiger partial charge on any atom is -0.481 e. The van der Waals surface area contributed by atoms with Crippen LogP contribution in [0.1, 0.15) is 31.4 Å². The van der Waals surface area contributed by atoms with E-state index in [9.17, 15) is 24.8 Å². The maximum Gasteiger partial charge on any atom is 0.310 e. The van der Waals surface area contributed by atoms with Crippen LogP contribution in [0.4, 0.5) is 5.69 Å². The van der Waals surface area contributed by atoms with Gasteiger partial charge in [0.15, 0.2) is 0 Å². The van der Waals surface area contributed by atoms with Crippen LogP contribution in [0, 0.1) is 22.0 Å². The minimum atomic E-state index is -1.03. The zero-order chi connectivity index (χ0) is 17.0. The smallest absolute Gasteiger partial charge is 0.310 e. The van der Waals surface area contributed by atoms with Crippen LogP contribution in [0.3, 0.4) is 0 Å². The summed E-state index contributed by atoms with van der Waals surface area (Å²) in [5, 5.41) is 20.0. The lowest BCUT2D eigenvalue weighted by Crippen LogP contribution is -2.32. The Morgan fingerprint density at radius 3 is 2.57 bits per heavy atom. The number of carboxylic acids is 1. The molecule has 0 heterocycles. The molecule has 1 aromatic carbocycles. The van der Waals surface area contributed by atoms with E-state index in [4.69, 9.17) is 4.74 Å². The average molecular weight is 319 g/mol. The van der Waals surface area contributed by atoms with Gasteiger partial charge in [-0.3, -0.25) is 19.7 Å². The van der Waals surface area contributed by atoms with E-state index in [0.717, 1.165) is 0 Å². The Morgan fingerprint density at radius 1 is 1.30 bits per heavy atom. The lowest BCUT2D eigenvalue weighted by molar-refractivity contribution is -0.385. The first-order valence-electron chi connectivity index (χ1n) is 7.22. The number of allylic oxidation sites excluding steroid dienone is 2. The molecule has 0 saturated heterocycles. The molecule has 1 aliphatic carbocycles. The van der Waals surface area contributed by atoms with Crippen molar-refractivity contribution in [3.05, 3.63) is 52.1 Å². The number of nitrogens with zero attached hydrogens (tertiary/aromatic N) is 1.